The molecule has 0 aliphatic heterocycles. The molecule has 0 amide bonds. The Morgan fingerprint density at radius 1 is 1.35 bits per heavy atom. The third-order valence-corrected chi connectivity index (χ3v) is 3.73. The molecule has 20 heavy (non-hydrogen) atoms. The third-order valence-electron chi connectivity index (χ3n) is 3.73. The van der Waals surface area contributed by atoms with Gasteiger partial charge in [-0.25, -0.2) is 4.98 Å². The van der Waals surface area contributed by atoms with Crippen LogP contribution in [0.15, 0.2) is 18.2 Å². The summed E-state index contributed by atoms with van der Waals surface area (Å²) in [6, 6.07) is 6.19. The number of aliphatic hydroxyl groups excluding tert-OH is 1. The number of fused-ring (bicyclic) bond motifs is 1. The number of imidazole rings is 1. The van der Waals surface area contributed by atoms with Gasteiger partial charge in [0.25, 0.3) is 0 Å². The van der Waals surface area contributed by atoms with Crippen LogP contribution < -0.4 is 5.73 Å². The maximum atomic E-state index is 9.92. The number of aliphatic hydroxyl groups is 1. The molecule has 1 atom stereocenters. The van der Waals surface area contributed by atoms with Gasteiger partial charge in [-0.15, -0.1) is 0 Å². The van der Waals surface area contributed by atoms with E-state index >= 15 is 0 Å². The summed E-state index contributed by atoms with van der Waals surface area (Å²) in [5, 5.41) is 9.92. The molecule has 0 bridgehead atoms. The van der Waals surface area contributed by atoms with Crippen LogP contribution >= 0.6 is 0 Å². The minimum atomic E-state index is -0.590. The van der Waals surface area contributed by atoms with E-state index in [0.717, 1.165) is 24.1 Å². The van der Waals surface area contributed by atoms with Crippen molar-refractivity contribution < 1.29 is 5.11 Å². The van der Waals surface area contributed by atoms with Crippen molar-refractivity contribution in [3.63, 3.8) is 0 Å². The van der Waals surface area contributed by atoms with E-state index < -0.39 is 6.10 Å². The highest BCUT2D eigenvalue weighted by atomic mass is 16.3. The van der Waals surface area contributed by atoms with E-state index in [1.807, 2.05) is 18.2 Å². The maximum Gasteiger partial charge on any atom is 0.138 e. The lowest BCUT2D eigenvalue weighted by Crippen LogP contribution is -2.30. The second kappa shape index (κ2) is 5.81. The van der Waals surface area contributed by atoms with E-state index in [0.29, 0.717) is 17.6 Å². The van der Waals surface area contributed by atoms with Crippen molar-refractivity contribution in [2.24, 2.45) is 0 Å². The zero-order valence-corrected chi connectivity index (χ0v) is 12.7. The monoisotopic (exact) mass is 276 g/mol. The van der Waals surface area contributed by atoms with Gasteiger partial charge in [0, 0.05) is 24.8 Å². The van der Waals surface area contributed by atoms with Gasteiger partial charge >= 0.3 is 0 Å². The minimum absolute atomic E-state index is 0.496. The van der Waals surface area contributed by atoms with Crippen molar-refractivity contribution >= 4 is 16.7 Å². The molecule has 0 aliphatic rings. The van der Waals surface area contributed by atoms with E-state index in [1.165, 1.54) is 0 Å². The molecule has 110 valence electrons. The maximum absolute atomic E-state index is 9.92. The fourth-order valence-corrected chi connectivity index (χ4v) is 2.24. The van der Waals surface area contributed by atoms with Gasteiger partial charge in [0.2, 0.25) is 0 Å². The summed E-state index contributed by atoms with van der Waals surface area (Å²) < 4.78 is 2.08. The minimum Gasteiger partial charge on any atom is -0.399 e. The predicted molar refractivity (Wildman–Crippen MR) is 82.5 cm³/mol. The lowest BCUT2D eigenvalue weighted by Gasteiger charge is -2.22. The molecule has 0 radical (unpaired) electrons. The van der Waals surface area contributed by atoms with Crippen LogP contribution in [0.4, 0.5) is 5.69 Å². The summed E-state index contributed by atoms with van der Waals surface area (Å²) in [4.78, 5) is 6.78. The van der Waals surface area contributed by atoms with Crippen LogP contribution in [0.1, 0.15) is 32.7 Å². The van der Waals surface area contributed by atoms with Crippen LogP contribution in [-0.4, -0.2) is 39.2 Å². The van der Waals surface area contributed by atoms with Gasteiger partial charge in [-0.1, -0.05) is 0 Å². The number of benzene rings is 1. The Balaban J connectivity index is 2.36. The van der Waals surface area contributed by atoms with Crippen LogP contribution in [0.25, 0.3) is 11.0 Å². The third kappa shape index (κ3) is 2.94. The van der Waals surface area contributed by atoms with Gasteiger partial charge in [-0.3, -0.25) is 0 Å². The number of aromatic nitrogens is 2. The molecule has 0 saturated heterocycles. The lowest BCUT2D eigenvalue weighted by molar-refractivity contribution is 0.181. The number of nitrogens with two attached hydrogens (primary N) is 1. The summed E-state index contributed by atoms with van der Waals surface area (Å²) in [5.74, 6) is 0.697. The van der Waals surface area contributed by atoms with Crippen LogP contribution in [0.3, 0.4) is 0 Å². The fraction of sp³-hybridized carbons (Fsp3) is 0.533. The molecule has 3 N–H and O–H groups in total. The zero-order chi connectivity index (χ0) is 14.9. The predicted octanol–water partition coefficient (Wildman–Crippen LogP) is 2.01. The van der Waals surface area contributed by atoms with Crippen molar-refractivity contribution in [1.82, 2.24) is 14.5 Å². The normalized spacial score (nSPS) is 13.6. The molecule has 2 aromatic rings. The molecular weight excluding hydrogens is 252 g/mol. The van der Waals surface area contributed by atoms with E-state index in [4.69, 9.17) is 5.73 Å². The SMILES string of the molecule is CC(O)c1nc2cc(N)ccc2n1CCN(C)C(C)C. The molecule has 1 heterocycles. The fourth-order valence-electron chi connectivity index (χ4n) is 2.24. The number of anilines is 1. The molecule has 5 heteroatoms. The van der Waals surface area contributed by atoms with Gasteiger partial charge in [-0.2, -0.15) is 0 Å². The Labute approximate surface area is 120 Å². The lowest BCUT2D eigenvalue weighted by atomic mass is 10.3. The second-order valence-corrected chi connectivity index (χ2v) is 5.62. The van der Waals surface area contributed by atoms with Crippen molar-refractivity contribution in [3.8, 4) is 0 Å². The molecule has 5 nitrogen and oxygen atoms in total. The van der Waals surface area contributed by atoms with Crippen LogP contribution in [0.2, 0.25) is 0 Å². The quantitative estimate of drug-likeness (QED) is 0.820. The highest BCUT2D eigenvalue weighted by molar-refractivity contribution is 5.79. The molecule has 0 aliphatic carbocycles. The van der Waals surface area contributed by atoms with E-state index in [1.54, 1.807) is 6.92 Å². The standard InChI is InChI=1S/C15H24N4O/c1-10(2)18(4)7-8-19-14-6-5-12(16)9-13(14)17-15(19)11(3)20/h5-6,9-11,20H,7-8,16H2,1-4H3. The van der Waals surface area contributed by atoms with E-state index in [9.17, 15) is 5.11 Å². The van der Waals surface area contributed by atoms with Crippen LogP contribution in [-0.2, 0) is 6.54 Å². The average molecular weight is 276 g/mol. The van der Waals surface area contributed by atoms with Crippen LogP contribution in [0.5, 0.6) is 0 Å². The number of rotatable bonds is 5. The Kier molecular flexibility index (Phi) is 4.30. The first-order valence-electron chi connectivity index (χ1n) is 7.04. The summed E-state index contributed by atoms with van der Waals surface area (Å²) in [6.45, 7) is 7.79. The van der Waals surface area contributed by atoms with Crippen molar-refractivity contribution in [2.75, 3.05) is 19.3 Å². The van der Waals surface area contributed by atoms with Crippen LogP contribution in [0, 0.1) is 0 Å². The number of nitrogens with zero attached hydrogens (tertiary/aromatic N) is 3. The second-order valence-electron chi connectivity index (χ2n) is 5.62. The summed E-state index contributed by atoms with van der Waals surface area (Å²) in [7, 11) is 2.10. The molecular formula is C15H24N4O. The van der Waals surface area contributed by atoms with Gasteiger partial charge in [0.15, 0.2) is 0 Å². The molecule has 0 saturated carbocycles. The molecule has 0 fully saturated rings. The van der Waals surface area contributed by atoms with E-state index in [2.05, 4.69) is 35.3 Å². The van der Waals surface area contributed by atoms with Gasteiger partial charge in [0.05, 0.1) is 11.0 Å². The largest absolute Gasteiger partial charge is 0.399 e. The Morgan fingerprint density at radius 3 is 2.65 bits per heavy atom. The first-order chi connectivity index (χ1) is 9.40. The highest BCUT2D eigenvalue weighted by Crippen LogP contribution is 2.22. The summed E-state index contributed by atoms with van der Waals surface area (Å²) in [6.07, 6.45) is -0.590. The Morgan fingerprint density at radius 2 is 2.05 bits per heavy atom. The van der Waals surface area contributed by atoms with Crippen molar-refractivity contribution in [3.05, 3.63) is 24.0 Å². The molecule has 1 aromatic carbocycles. The number of hydrogen-bond donors (Lipinski definition) is 2. The first-order valence-corrected chi connectivity index (χ1v) is 7.04. The van der Waals surface area contributed by atoms with Crippen molar-refractivity contribution in [1.29, 1.82) is 0 Å². The topological polar surface area (TPSA) is 67.3 Å². The van der Waals surface area contributed by atoms with Gasteiger partial charge < -0.3 is 20.3 Å². The zero-order valence-electron chi connectivity index (χ0n) is 12.7. The number of hydrogen-bond acceptors (Lipinski definition) is 4. The van der Waals surface area contributed by atoms with Gasteiger partial charge in [-0.05, 0) is 46.0 Å². The Hall–Kier alpha value is -1.59. The molecule has 0 spiro atoms. The van der Waals surface area contributed by atoms with Gasteiger partial charge in [0.1, 0.15) is 11.9 Å². The number of nitrogen functional groups attached to an aromatic ring is 1. The molecule has 1 aromatic heterocycles. The number of likely N-dealkylation sites (N-methyl/N-ethyl adjacent to an activating group) is 1. The molecule has 1 unspecified atom stereocenters. The summed E-state index contributed by atoms with van der Waals surface area (Å²) >= 11 is 0. The molecule has 2 rings (SSSR count). The smallest absolute Gasteiger partial charge is 0.138 e. The Bertz CT molecular complexity index is 589. The van der Waals surface area contributed by atoms with Crippen molar-refractivity contribution in [2.45, 2.75) is 39.5 Å². The average Bonchev–Trinajstić information content (AvgIpc) is 2.73. The highest BCUT2D eigenvalue weighted by Gasteiger charge is 2.15. The van der Waals surface area contributed by atoms with E-state index in [-0.39, 0.29) is 0 Å². The first kappa shape index (κ1) is 14.8. The summed E-state index contributed by atoms with van der Waals surface area (Å²) in [5.41, 5.74) is 8.36.